The van der Waals surface area contributed by atoms with E-state index in [2.05, 4.69) is 30.7 Å². The molecule has 0 aliphatic rings. The molecule has 0 amide bonds. The highest BCUT2D eigenvalue weighted by Crippen LogP contribution is 2.24. The summed E-state index contributed by atoms with van der Waals surface area (Å²) in [5, 5.41) is 1.04. The SMILES string of the molecule is CC(=O)/C=C/Cc1c[nH]c2ncc(OCC(C)(C)C)cc12. The van der Waals surface area contributed by atoms with Gasteiger partial charge in [0.05, 0.1) is 12.8 Å². The molecule has 0 saturated carbocycles. The number of ether oxygens (including phenoxy) is 1. The van der Waals surface area contributed by atoms with Crippen LogP contribution < -0.4 is 4.74 Å². The number of ketones is 1. The van der Waals surface area contributed by atoms with Gasteiger partial charge in [0.2, 0.25) is 0 Å². The van der Waals surface area contributed by atoms with Gasteiger partial charge < -0.3 is 9.72 Å². The number of aromatic amines is 1. The number of nitrogens with one attached hydrogen (secondary N) is 1. The molecule has 2 aromatic heterocycles. The van der Waals surface area contributed by atoms with Crippen molar-refractivity contribution in [2.45, 2.75) is 34.1 Å². The second kappa shape index (κ2) is 6.12. The third-order valence-corrected chi connectivity index (χ3v) is 2.95. The minimum absolute atomic E-state index is 0.0576. The topological polar surface area (TPSA) is 55.0 Å². The molecule has 2 aromatic rings. The van der Waals surface area contributed by atoms with Crippen LogP contribution in [0.25, 0.3) is 11.0 Å². The van der Waals surface area contributed by atoms with Gasteiger partial charge in [-0.25, -0.2) is 4.98 Å². The van der Waals surface area contributed by atoms with Gasteiger partial charge in [-0.1, -0.05) is 26.8 Å². The molecule has 0 bridgehead atoms. The van der Waals surface area contributed by atoms with Crippen molar-refractivity contribution in [2.75, 3.05) is 6.61 Å². The molecule has 0 unspecified atom stereocenters. The number of pyridine rings is 1. The van der Waals surface area contributed by atoms with E-state index in [9.17, 15) is 4.79 Å². The highest BCUT2D eigenvalue weighted by atomic mass is 16.5. The summed E-state index contributed by atoms with van der Waals surface area (Å²) in [5.41, 5.74) is 2.06. The zero-order valence-electron chi connectivity index (χ0n) is 13.1. The summed E-state index contributed by atoms with van der Waals surface area (Å²) in [4.78, 5) is 18.5. The van der Waals surface area contributed by atoms with E-state index in [0.717, 1.165) is 22.3 Å². The number of H-pyrrole nitrogens is 1. The summed E-state index contributed by atoms with van der Waals surface area (Å²) in [6.45, 7) is 8.59. The average Bonchev–Trinajstić information content (AvgIpc) is 2.78. The minimum Gasteiger partial charge on any atom is -0.491 e. The molecule has 0 aliphatic heterocycles. The van der Waals surface area contributed by atoms with Crippen LogP contribution in [0.2, 0.25) is 0 Å². The van der Waals surface area contributed by atoms with Gasteiger partial charge in [0.1, 0.15) is 11.4 Å². The Balaban J connectivity index is 2.18. The molecule has 0 radical (unpaired) electrons. The molecule has 21 heavy (non-hydrogen) atoms. The maximum absolute atomic E-state index is 10.9. The maximum atomic E-state index is 10.9. The Hall–Kier alpha value is -2.10. The van der Waals surface area contributed by atoms with Crippen LogP contribution in [-0.4, -0.2) is 22.4 Å². The van der Waals surface area contributed by atoms with E-state index in [1.807, 2.05) is 18.3 Å². The van der Waals surface area contributed by atoms with Gasteiger partial charge in [-0.3, -0.25) is 4.79 Å². The van der Waals surface area contributed by atoms with Crippen molar-refractivity contribution in [3.8, 4) is 5.75 Å². The molecule has 0 aromatic carbocycles. The standard InChI is InChI=1S/C17H22N2O2/c1-12(20)6-5-7-13-9-18-16-15(13)8-14(10-19-16)21-11-17(2,3)4/h5-6,8-10H,7,11H2,1-4H3,(H,18,19)/b6-5+. The molecule has 0 saturated heterocycles. The normalized spacial score (nSPS) is 12.2. The van der Waals surface area contributed by atoms with Crippen molar-refractivity contribution in [1.29, 1.82) is 0 Å². The molecule has 0 aliphatic carbocycles. The molecule has 1 N–H and O–H groups in total. The third kappa shape index (κ3) is 4.45. The second-order valence-electron chi connectivity index (χ2n) is 6.45. The van der Waals surface area contributed by atoms with E-state index in [1.165, 1.54) is 0 Å². The number of allylic oxidation sites excluding steroid dienone is 2. The van der Waals surface area contributed by atoms with Crippen LogP contribution >= 0.6 is 0 Å². The summed E-state index contributed by atoms with van der Waals surface area (Å²) in [7, 11) is 0. The number of carbonyl (C=O) groups excluding carboxylic acids is 1. The maximum Gasteiger partial charge on any atom is 0.152 e. The zero-order chi connectivity index (χ0) is 15.5. The summed E-state index contributed by atoms with van der Waals surface area (Å²) < 4.78 is 5.80. The largest absolute Gasteiger partial charge is 0.491 e. The molecule has 0 atom stereocenters. The Kier molecular flexibility index (Phi) is 4.46. The van der Waals surface area contributed by atoms with Gasteiger partial charge in [-0.2, -0.15) is 0 Å². The first-order valence-corrected chi connectivity index (χ1v) is 7.11. The van der Waals surface area contributed by atoms with Crippen LogP contribution in [0.5, 0.6) is 5.75 Å². The Morgan fingerprint density at radius 2 is 2.19 bits per heavy atom. The lowest BCUT2D eigenvalue weighted by Crippen LogP contribution is -2.16. The molecule has 4 heteroatoms. The van der Waals surface area contributed by atoms with Gasteiger partial charge in [-0.05, 0) is 36.5 Å². The second-order valence-corrected chi connectivity index (χ2v) is 6.45. The first-order valence-electron chi connectivity index (χ1n) is 7.11. The Labute approximate surface area is 125 Å². The quantitative estimate of drug-likeness (QED) is 0.853. The van der Waals surface area contributed by atoms with Gasteiger partial charge in [0, 0.05) is 11.6 Å². The first-order chi connectivity index (χ1) is 9.85. The number of fused-ring (bicyclic) bond motifs is 1. The molecule has 0 fully saturated rings. The van der Waals surface area contributed by atoms with Crippen molar-refractivity contribution >= 4 is 16.8 Å². The van der Waals surface area contributed by atoms with E-state index in [0.29, 0.717) is 13.0 Å². The van der Waals surface area contributed by atoms with Crippen molar-refractivity contribution < 1.29 is 9.53 Å². The minimum atomic E-state index is 0.0576. The molecule has 112 valence electrons. The molecule has 0 spiro atoms. The average molecular weight is 286 g/mol. The predicted octanol–water partition coefficient (Wildman–Crippen LogP) is 3.68. The number of hydrogen-bond acceptors (Lipinski definition) is 3. The summed E-state index contributed by atoms with van der Waals surface area (Å²) in [5.74, 6) is 0.830. The van der Waals surface area contributed by atoms with Crippen LogP contribution in [0, 0.1) is 5.41 Å². The smallest absolute Gasteiger partial charge is 0.152 e. The number of aromatic nitrogens is 2. The molecule has 4 nitrogen and oxygen atoms in total. The van der Waals surface area contributed by atoms with E-state index < -0.39 is 0 Å². The van der Waals surface area contributed by atoms with E-state index >= 15 is 0 Å². The highest BCUT2D eigenvalue weighted by Gasteiger charge is 2.12. The number of nitrogens with zero attached hydrogens (tertiary/aromatic N) is 1. The predicted molar refractivity (Wildman–Crippen MR) is 84.6 cm³/mol. The lowest BCUT2D eigenvalue weighted by atomic mass is 9.99. The monoisotopic (exact) mass is 286 g/mol. The van der Waals surface area contributed by atoms with E-state index in [-0.39, 0.29) is 11.2 Å². The Morgan fingerprint density at radius 3 is 2.86 bits per heavy atom. The summed E-state index contributed by atoms with van der Waals surface area (Å²) in [6, 6.07) is 2.00. The molecule has 2 rings (SSSR count). The van der Waals surface area contributed by atoms with E-state index in [1.54, 1.807) is 19.2 Å². The van der Waals surface area contributed by atoms with Crippen LogP contribution in [-0.2, 0) is 11.2 Å². The molecule has 2 heterocycles. The van der Waals surface area contributed by atoms with Gasteiger partial charge in [0.25, 0.3) is 0 Å². The highest BCUT2D eigenvalue weighted by molar-refractivity contribution is 5.87. The fourth-order valence-corrected chi connectivity index (χ4v) is 1.94. The lowest BCUT2D eigenvalue weighted by Gasteiger charge is -2.18. The van der Waals surface area contributed by atoms with Crippen LogP contribution in [0.15, 0.2) is 30.6 Å². The van der Waals surface area contributed by atoms with Crippen LogP contribution in [0.3, 0.4) is 0 Å². The third-order valence-electron chi connectivity index (χ3n) is 2.95. The van der Waals surface area contributed by atoms with Crippen molar-refractivity contribution in [2.24, 2.45) is 5.41 Å². The number of hydrogen-bond donors (Lipinski definition) is 1. The number of rotatable bonds is 5. The Morgan fingerprint density at radius 1 is 1.43 bits per heavy atom. The summed E-state index contributed by atoms with van der Waals surface area (Å²) in [6.07, 6.45) is 7.82. The lowest BCUT2D eigenvalue weighted by molar-refractivity contribution is -0.112. The van der Waals surface area contributed by atoms with Crippen molar-refractivity contribution in [3.05, 3.63) is 36.2 Å². The molecular weight excluding hydrogens is 264 g/mol. The van der Waals surface area contributed by atoms with Gasteiger partial charge >= 0.3 is 0 Å². The first kappa shape index (κ1) is 15.3. The number of carbonyl (C=O) groups is 1. The van der Waals surface area contributed by atoms with Crippen molar-refractivity contribution in [3.63, 3.8) is 0 Å². The fourth-order valence-electron chi connectivity index (χ4n) is 1.94. The van der Waals surface area contributed by atoms with Crippen molar-refractivity contribution in [1.82, 2.24) is 9.97 Å². The Bertz CT molecular complexity index is 663. The van der Waals surface area contributed by atoms with Crippen LogP contribution in [0.4, 0.5) is 0 Å². The van der Waals surface area contributed by atoms with Gasteiger partial charge in [0.15, 0.2) is 5.78 Å². The zero-order valence-corrected chi connectivity index (χ0v) is 13.1. The van der Waals surface area contributed by atoms with Gasteiger partial charge in [-0.15, -0.1) is 0 Å². The summed E-state index contributed by atoms with van der Waals surface area (Å²) >= 11 is 0. The fraction of sp³-hybridized carbons (Fsp3) is 0.412. The van der Waals surface area contributed by atoms with E-state index in [4.69, 9.17) is 4.74 Å². The molecular formula is C17H22N2O2. The van der Waals surface area contributed by atoms with Crippen LogP contribution in [0.1, 0.15) is 33.3 Å².